The lowest BCUT2D eigenvalue weighted by atomic mass is 10.0. The highest BCUT2D eigenvalue weighted by atomic mass is 35.5. The van der Waals surface area contributed by atoms with Gasteiger partial charge in [0.15, 0.2) is 0 Å². The van der Waals surface area contributed by atoms with Crippen LogP contribution in [0.25, 0.3) is 0 Å². The van der Waals surface area contributed by atoms with E-state index in [1.807, 2.05) is 12.1 Å². The molecule has 25 heavy (non-hydrogen) atoms. The Bertz CT molecular complexity index is 590. The number of hydrogen-bond donors (Lipinski definition) is 3. The third-order valence-corrected chi connectivity index (χ3v) is 4.86. The van der Waals surface area contributed by atoms with Crippen LogP contribution in [0.1, 0.15) is 24.0 Å². The topological polar surface area (TPSA) is 73.5 Å². The zero-order valence-corrected chi connectivity index (χ0v) is 15.2. The summed E-state index contributed by atoms with van der Waals surface area (Å²) in [7, 11) is 0. The van der Waals surface area contributed by atoms with Crippen LogP contribution < -0.4 is 16.0 Å². The van der Waals surface area contributed by atoms with Crippen LogP contribution in [0.15, 0.2) is 24.3 Å². The maximum atomic E-state index is 12.2. The highest BCUT2D eigenvalue weighted by molar-refractivity contribution is 5.85. The van der Waals surface area contributed by atoms with Crippen molar-refractivity contribution in [2.24, 2.45) is 5.92 Å². The normalized spacial score (nSPS) is 18.9. The summed E-state index contributed by atoms with van der Waals surface area (Å²) in [6, 6.07) is 8.02. The number of nitrogens with zero attached hydrogens (tertiary/aromatic N) is 1. The molecule has 2 aliphatic heterocycles. The van der Waals surface area contributed by atoms with Crippen LogP contribution in [-0.2, 0) is 17.8 Å². The predicted octanol–water partition coefficient (Wildman–Crippen LogP) is 1.29. The van der Waals surface area contributed by atoms with E-state index < -0.39 is 0 Å². The number of halogens is 1. The molecule has 2 aliphatic rings. The molecule has 2 heterocycles. The zero-order chi connectivity index (χ0) is 16.8. The maximum absolute atomic E-state index is 12.2. The molecular weight excluding hydrogens is 340 g/mol. The first-order chi connectivity index (χ1) is 11.7. The fourth-order valence-electron chi connectivity index (χ4n) is 3.38. The van der Waals surface area contributed by atoms with Gasteiger partial charge in [0, 0.05) is 19.6 Å². The highest BCUT2D eigenvalue weighted by Crippen LogP contribution is 2.18. The smallest absolute Gasteiger partial charge is 0.318 e. The molecule has 3 rings (SSSR count). The minimum absolute atomic E-state index is 0. The predicted molar refractivity (Wildman–Crippen MR) is 99.8 cm³/mol. The standard InChI is InChI=1S/C18H26N4O2.ClH/c23-17(20-9-6-14-5-8-19-11-14)12-21-18(24)22-10-7-15-3-1-2-4-16(15)13-22;/h1-4,14,19H,5-13H2,(H,20,23)(H,21,24);1H. The van der Waals surface area contributed by atoms with Gasteiger partial charge in [-0.05, 0) is 49.4 Å². The largest absolute Gasteiger partial charge is 0.355 e. The van der Waals surface area contributed by atoms with Crippen LogP contribution in [0.5, 0.6) is 0 Å². The van der Waals surface area contributed by atoms with Gasteiger partial charge < -0.3 is 20.9 Å². The molecule has 1 unspecified atom stereocenters. The Kier molecular flexibility index (Phi) is 7.52. The minimum atomic E-state index is -0.167. The van der Waals surface area contributed by atoms with Gasteiger partial charge in [-0.2, -0.15) is 0 Å². The first-order valence-electron chi connectivity index (χ1n) is 8.79. The lowest BCUT2D eigenvalue weighted by molar-refractivity contribution is -0.120. The highest BCUT2D eigenvalue weighted by Gasteiger charge is 2.20. The number of carbonyl (C=O) groups excluding carboxylic acids is 2. The Morgan fingerprint density at radius 1 is 1.20 bits per heavy atom. The molecule has 0 radical (unpaired) electrons. The molecule has 1 aromatic rings. The Morgan fingerprint density at radius 2 is 2.00 bits per heavy atom. The molecule has 1 fully saturated rings. The molecule has 1 aromatic carbocycles. The molecule has 0 spiro atoms. The van der Waals surface area contributed by atoms with E-state index in [4.69, 9.17) is 0 Å². The fraction of sp³-hybridized carbons (Fsp3) is 0.556. The van der Waals surface area contributed by atoms with Gasteiger partial charge in [0.25, 0.3) is 0 Å². The van der Waals surface area contributed by atoms with Crippen molar-refractivity contribution in [2.45, 2.75) is 25.8 Å². The Labute approximate surface area is 155 Å². The van der Waals surface area contributed by atoms with Crippen molar-refractivity contribution in [3.63, 3.8) is 0 Å². The van der Waals surface area contributed by atoms with Crippen molar-refractivity contribution in [2.75, 3.05) is 32.7 Å². The van der Waals surface area contributed by atoms with E-state index in [9.17, 15) is 9.59 Å². The Balaban J connectivity index is 0.00000225. The van der Waals surface area contributed by atoms with Gasteiger partial charge in [-0.15, -0.1) is 12.4 Å². The van der Waals surface area contributed by atoms with Crippen LogP contribution in [0.3, 0.4) is 0 Å². The van der Waals surface area contributed by atoms with Crippen molar-refractivity contribution in [3.8, 4) is 0 Å². The van der Waals surface area contributed by atoms with E-state index in [1.54, 1.807) is 4.90 Å². The van der Waals surface area contributed by atoms with Gasteiger partial charge in [-0.25, -0.2) is 4.79 Å². The van der Waals surface area contributed by atoms with Crippen molar-refractivity contribution in [1.29, 1.82) is 0 Å². The van der Waals surface area contributed by atoms with E-state index in [-0.39, 0.29) is 30.9 Å². The summed E-state index contributed by atoms with van der Waals surface area (Å²) in [5, 5.41) is 8.93. The summed E-state index contributed by atoms with van der Waals surface area (Å²) in [5.41, 5.74) is 2.49. The molecule has 0 aromatic heterocycles. The second-order valence-corrected chi connectivity index (χ2v) is 6.60. The maximum Gasteiger partial charge on any atom is 0.318 e. The van der Waals surface area contributed by atoms with Crippen molar-refractivity contribution < 1.29 is 9.59 Å². The quantitative estimate of drug-likeness (QED) is 0.735. The van der Waals surface area contributed by atoms with Gasteiger partial charge >= 0.3 is 6.03 Å². The number of rotatable bonds is 5. The summed E-state index contributed by atoms with van der Waals surface area (Å²) in [6.45, 7) is 4.15. The summed E-state index contributed by atoms with van der Waals surface area (Å²) in [5.74, 6) is 0.542. The number of hydrogen-bond acceptors (Lipinski definition) is 3. The molecule has 1 atom stereocenters. The van der Waals surface area contributed by atoms with Gasteiger partial charge in [0.1, 0.15) is 0 Å². The monoisotopic (exact) mass is 366 g/mol. The second kappa shape index (κ2) is 9.63. The van der Waals surface area contributed by atoms with Crippen molar-refractivity contribution >= 4 is 24.3 Å². The zero-order valence-electron chi connectivity index (χ0n) is 14.4. The van der Waals surface area contributed by atoms with Crippen molar-refractivity contribution in [3.05, 3.63) is 35.4 Å². The number of urea groups is 1. The molecule has 0 aliphatic carbocycles. The van der Waals surface area contributed by atoms with Gasteiger partial charge in [-0.1, -0.05) is 24.3 Å². The number of benzene rings is 1. The summed E-state index contributed by atoms with van der Waals surface area (Å²) in [4.78, 5) is 25.8. The lowest BCUT2D eigenvalue weighted by Gasteiger charge is -2.28. The molecular formula is C18H27ClN4O2. The van der Waals surface area contributed by atoms with E-state index in [1.165, 1.54) is 17.5 Å². The minimum Gasteiger partial charge on any atom is -0.355 e. The fourth-order valence-corrected chi connectivity index (χ4v) is 3.38. The van der Waals surface area contributed by atoms with E-state index in [0.717, 1.165) is 25.9 Å². The van der Waals surface area contributed by atoms with Crippen LogP contribution in [-0.4, -0.2) is 49.6 Å². The SMILES string of the molecule is Cl.O=C(CNC(=O)N1CCc2ccccc2C1)NCCC1CCNC1. The number of nitrogens with one attached hydrogen (secondary N) is 3. The molecule has 6 nitrogen and oxygen atoms in total. The van der Waals surface area contributed by atoms with E-state index >= 15 is 0 Å². The average Bonchev–Trinajstić information content (AvgIpc) is 3.12. The van der Waals surface area contributed by atoms with Gasteiger partial charge in [0.2, 0.25) is 5.91 Å². The van der Waals surface area contributed by atoms with E-state index in [0.29, 0.717) is 25.6 Å². The van der Waals surface area contributed by atoms with E-state index in [2.05, 4.69) is 28.1 Å². The molecule has 0 saturated carbocycles. The van der Waals surface area contributed by atoms with Gasteiger partial charge in [-0.3, -0.25) is 4.79 Å². The molecule has 138 valence electrons. The molecule has 1 saturated heterocycles. The molecule has 3 N–H and O–H groups in total. The third kappa shape index (κ3) is 5.61. The average molecular weight is 367 g/mol. The number of carbonyl (C=O) groups is 2. The molecule has 0 bridgehead atoms. The number of fused-ring (bicyclic) bond motifs is 1. The Hall–Kier alpha value is -1.79. The summed E-state index contributed by atoms with van der Waals surface area (Å²) < 4.78 is 0. The lowest BCUT2D eigenvalue weighted by Crippen LogP contribution is -2.46. The van der Waals surface area contributed by atoms with Crippen LogP contribution >= 0.6 is 12.4 Å². The molecule has 3 amide bonds. The first-order valence-corrected chi connectivity index (χ1v) is 8.79. The summed E-state index contributed by atoms with van der Waals surface area (Å²) >= 11 is 0. The summed E-state index contributed by atoms with van der Waals surface area (Å²) in [6.07, 6.45) is 3.05. The third-order valence-electron chi connectivity index (χ3n) is 4.86. The van der Waals surface area contributed by atoms with Crippen LogP contribution in [0.4, 0.5) is 4.79 Å². The number of amides is 3. The van der Waals surface area contributed by atoms with Crippen LogP contribution in [0, 0.1) is 5.92 Å². The van der Waals surface area contributed by atoms with Gasteiger partial charge in [0.05, 0.1) is 6.54 Å². The van der Waals surface area contributed by atoms with Crippen LogP contribution in [0.2, 0.25) is 0 Å². The molecule has 7 heteroatoms. The Morgan fingerprint density at radius 3 is 2.76 bits per heavy atom. The first kappa shape index (κ1) is 19.5. The van der Waals surface area contributed by atoms with Crippen molar-refractivity contribution in [1.82, 2.24) is 20.9 Å². The second-order valence-electron chi connectivity index (χ2n) is 6.60.